The third kappa shape index (κ3) is 3.47. The molecule has 0 bridgehead atoms. The lowest BCUT2D eigenvalue weighted by Gasteiger charge is -2.13. The molecule has 6 nitrogen and oxygen atoms in total. The molecule has 0 aliphatic heterocycles. The smallest absolute Gasteiger partial charge is 0.364 e. The van der Waals surface area contributed by atoms with Gasteiger partial charge in [-0.15, -0.1) is 0 Å². The van der Waals surface area contributed by atoms with Gasteiger partial charge < -0.3 is 11.1 Å². The molecule has 0 aliphatic rings. The summed E-state index contributed by atoms with van der Waals surface area (Å²) in [6.07, 6.45) is -3.35. The number of carbonyl (C=O) groups is 2. The van der Waals surface area contributed by atoms with Gasteiger partial charge in [-0.3, -0.25) is 14.6 Å². The number of nitrogens with zero attached hydrogens (tertiary/aromatic N) is 2. The van der Waals surface area contributed by atoms with Crippen molar-refractivity contribution in [3.63, 3.8) is 0 Å². The molecule has 10 heteroatoms. The molecular weight excluding hydrogens is 332 g/mol. The average molecular weight is 342 g/mol. The minimum atomic E-state index is -4.83. The number of rotatable bonds is 3. The fraction of sp³-hybridized carbons (Fsp3) is 0.143. The highest BCUT2D eigenvalue weighted by Gasteiger charge is 2.36. The number of alkyl halides is 3. The van der Waals surface area contributed by atoms with E-state index < -0.39 is 40.6 Å². The normalized spacial score (nSPS) is 11.2. The second-order valence-electron chi connectivity index (χ2n) is 4.70. The molecule has 0 atom stereocenters. The molecule has 2 amide bonds. The average Bonchev–Trinajstić information content (AvgIpc) is 2.46. The molecule has 0 fully saturated rings. The van der Waals surface area contributed by atoms with Crippen LogP contribution in [0.4, 0.5) is 23.2 Å². The van der Waals surface area contributed by atoms with Crippen molar-refractivity contribution in [3.05, 3.63) is 52.9 Å². The number of anilines is 1. The van der Waals surface area contributed by atoms with Crippen LogP contribution < -0.4 is 11.1 Å². The van der Waals surface area contributed by atoms with E-state index in [0.29, 0.717) is 6.20 Å². The highest BCUT2D eigenvalue weighted by Crippen LogP contribution is 2.32. The topological polar surface area (TPSA) is 98.0 Å². The molecule has 3 N–H and O–H groups in total. The van der Waals surface area contributed by atoms with E-state index in [9.17, 15) is 27.2 Å². The molecule has 0 unspecified atom stereocenters. The minimum absolute atomic E-state index is 0.0213. The Morgan fingerprint density at radius 3 is 2.50 bits per heavy atom. The summed E-state index contributed by atoms with van der Waals surface area (Å²) >= 11 is 0. The molecule has 0 saturated heterocycles. The standard InChI is InChI=1S/C14H10F4N4O2/c1-6-10(8(15)5-21-11(6)14(16,17)18)13(24)22-7-2-3-20-9(4-7)12(19)23/h2-5H,1H3,(H2,19,23)(H,20,22,24). The van der Waals surface area contributed by atoms with Gasteiger partial charge in [0.2, 0.25) is 0 Å². The Balaban J connectivity index is 2.40. The molecular formula is C14H10F4N4O2. The molecule has 0 spiro atoms. The summed E-state index contributed by atoms with van der Waals surface area (Å²) < 4.78 is 52.3. The summed E-state index contributed by atoms with van der Waals surface area (Å²) in [6.45, 7) is 0.940. The summed E-state index contributed by atoms with van der Waals surface area (Å²) in [7, 11) is 0. The Kier molecular flexibility index (Phi) is 4.49. The van der Waals surface area contributed by atoms with Gasteiger partial charge in [0, 0.05) is 11.9 Å². The number of nitrogens with two attached hydrogens (primary N) is 1. The second kappa shape index (κ2) is 6.22. The number of nitrogens with one attached hydrogen (secondary N) is 1. The maximum Gasteiger partial charge on any atom is 0.433 e. The van der Waals surface area contributed by atoms with Crippen LogP contribution in [0, 0.1) is 12.7 Å². The van der Waals surface area contributed by atoms with Crippen LogP contribution in [0.5, 0.6) is 0 Å². The summed E-state index contributed by atoms with van der Waals surface area (Å²) in [5, 5.41) is 2.19. The monoisotopic (exact) mass is 342 g/mol. The van der Waals surface area contributed by atoms with Crippen molar-refractivity contribution in [3.8, 4) is 0 Å². The first-order valence-corrected chi connectivity index (χ1v) is 6.40. The zero-order valence-corrected chi connectivity index (χ0v) is 12.1. The first-order valence-electron chi connectivity index (χ1n) is 6.40. The van der Waals surface area contributed by atoms with E-state index in [4.69, 9.17) is 5.73 Å². The van der Waals surface area contributed by atoms with E-state index in [2.05, 4.69) is 15.3 Å². The Hall–Kier alpha value is -3.04. The number of halogens is 4. The third-order valence-corrected chi connectivity index (χ3v) is 3.04. The molecule has 2 rings (SSSR count). The first-order chi connectivity index (χ1) is 11.1. The number of hydrogen-bond donors (Lipinski definition) is 2. The number of carbonyl (C=O) groups excluding carboxylic acids is 2. The second-order valence-corrected chi connectivity index (χ2v) is 4.70. The summed E-state index contributed by atoms with van der Waals surface area (Å²) in [4.78, 5) is 29.8. The van der Waals surface area contributed by atoms with Crippen LogP contribution in [0.1, 0.15) is 32.1 Å². The highest BCUT2D eigenvalue weighted by molar-refractivity contribution is 6.06. The molecule has 0 saturated carbocycles. The molecule has 0 radical (unpaired) electrons. The Labute approximate surface area is 132 Å². The predicted octanol–water partition coefficient (Wildman–Crippen LogP) is 2.29. The molecule has 2 aromatic heterocycles. The molecule has 2 heterocycles. The highest BCUT2D eigenvalue weighted by atomic mass is 19.4. The van der Waals surface area contributed by atoms with Crippen molar-refractivity contribution in [2.45, 2.75) is 13.1 Å². The van der Waals surface area contributed by atoms with Gasteiger partial charge in [0.25, 0.3) is 11.8 Å². The van der Waals surface area contributed by atoms with Crippen molar-refractivity contribution in [1.82, 2.24) is 9.97 Å². The van der Waals surface area contributed by atoms with Crippen LogP contribution in [0.3, 0.4) is 0 Å². The van der Waals surface area contributed by atoms with Gasteiger partial charge >= 0.3 is 6.18 Å². The molecule has 0 aliphatic carbocycles. The van der Waals surface area contributed by atoms with Crippen LogP contribution >= 0.6 is 0 Å². The maximum atomic E-state index is 13.8. The largest absolute Gasteiger partial charge is 0.433 e. The van der Waals surface area contributed by atoms with Crippen molar-refractivity contribution >= 4 is 17.5 Å². The summed E-state index contributed by atoms with van der Waals surface area (Å²) in [5.41, 5.74) is 2.08. The van der Waals surface area contributed by atoms with Gasteiger partial charge in [0.05, 0.1) is 11.8 Å². The van der Waals surface area contributed by atoms with Crippen LogP contribution in [-0.2, 0) is 6.18 Å². The van der Waals surface area contributed by atoms with Crippen molar-refractivity contribution in [1.29, 1.82) is 0 Å². The van der Waals surface area contributed by atoms with Gasteiger partial charge in [0.1, 0.15) is 11.4 Å². The number of primary amides is 1. The van der Waals surface area contributed by atoms with E-state index in [-0.39, 0.29) is 11.4 Å². The van der Waals surface area contributed by atoms with Gasteiger partial charge in [0.15, 0.2) is 5.82 Å². The molecule has 126 valence electrons. The fourth-order valence-corrected chi connectivity index (χ4v) is 1.98. The quantitative estimate of drug-likeness (QED) is 0.836. The van der Waals surface area contributed by atoms with E-state index in [1.54, 1.807) is 0 Å². The van der Waals surface area contributed by atoms with Crippen molar-refractivity contribution in [2.75, 3.05) is 5.32 Å². The van der Waals surface area contributed by atoms with Crippen molar-refractivity contribution in [2.24, 2.45) is 5.73 Å². The maximum absolute atomic E-state index is 13.8. The Morgan fingerprint density at radius 2 is 1.92 bits per heavy atom. The number of amides is 2. The molecule has 0 aromatic carbocycles. The zero-order valence-electron chi connectivity index (χ0n) is 12.1. The lowest BCUT2D eigenvalue weighted by Crippen LogP contribution is -2.20. The Morgan fingerprint density at radius 1 is 1.25 bits per heavy atom. The SMILES string of the molecule is Cc1c(C(F)(F)F)ncc(F)c1C(=O)Nc1ccnc(C(N)=O)c1. The number of hydrogen-bond acceptors (Lipinski definition) is 4. The first kappa shape index (κ1) is 17.3. The molecule has 2 aromatic rings. The van der Waals surface area contributed by atoms with Crippen LogP contribution in [0.25, 0.3) is 0 Å². The number of aromatic nitrogens is 2. The zero-order chi connectivity index (χ0) is 18.1. The molecule has 24 heavy (non-hydrogen) atoms. The van der Waals surface area contributed by atoms with Gasteiger partial charge in [-0.05, 0) is 24.6 Å². The van der Waals surface area contributed by atoms with E-state index in [1.165, 1.54) is 6.07 Å². The van der Waals surface area contributed by atoms with Crippen LogP contribution in [0.15, 0.2) is 24.5 Å². The van der Waals surface area contributed by atoms with Gasteiger partial charge in [-0.2, -0.15) is 13.2 Å². The van der Waals surface area contributed by atoms with Gasteiger partial charge in [-0.25, -0.2) is 9.37 Å². The lowest BCUT2D eigenvalue weighted by molar-refractivity contribution is -0.141. The summed E-state index contributed by atoms with van der Waals surface area (Å²) in [6, 6.07) is 2.38. The van der Waals surface area contributed by atoms with E-state index >= 15 is 0 Å². The predicted molar refractivity (Wildman–Crippen MR) is 74.6 cm³/mol. The van der Waals surface area contributed by atoms with Crippen LogP contribution in [-0.4, -0.2) is 21.8 Å². The van der Waals surface area contributed by atoms with E-state index in [0.717, 1.165) is 19.2 Å². The summed E-state index contributed by atoms with van der Waals surface area (Å²) in [5.74, 6) is -3.20. The lowest BCUT2D eigenvalue weighted by atomic mass is 10.1. The van der Waals surface area contributed by atoms with Crippen LogP contribution in [0.2, 0.25) is 0 Å². The Bertz CT molecular complexity index is 821. The van der Waals surface area contributed by atoms with Gasteiger partial charge in [-0.1, -0.05) is 0 Å². The number of pyridine rings is 2. The van der Waals surface area contributed by atoms with E-state index in [1.807, 2.05) is 0 Å². The minimum Gasteiger partial charge on any atom is -0.364 e. The third-order valence-electron chi connectivity index (χ3n) is 3.04. The fourth-order valence-electron chi connectivity index (χ4n) is 1.98. The van der Waals surface area contributed by atoms with Crippen molar-refractivity contribution < 1.29 is 27.2 Å².